The molecule has 2 aromatic carbocycles. The van der Waals surface area contributed by atoms with Gasteiger partial charge in [0.2, 0.25) is 0 Å². The van der Waals surface area contributed by atoms with Crippen LogP contribution in [0.4, 0.5) is 0 Å². The molecule has 0 atom stereocenters. The summed E-state index contributed by atoms with van der Waals surface area (Å²) >= 11 is 5.75. The first-order valence-corrected chi connectivity index (χ1v) is 10.1. The number of aromatic nitrogens is 3. The molecule has 0 unspecified atom stereocenters. The normalized spacial score (nSPS) is 13.8. The molecular weight excluding hydrogens is 368 g/mol. The second-order valence-electron chi connectivity index (χ2n) is 7.37. The highest BCUT2D eigenvalue weighted by Gasteiger charge is 2.29. The van der Waals surface area contributed by atoms with E-state index in [-0.39, 0.29) is 0 Å². The van der Waals surface area contributed by atoms with E-state index in [1.54, 1.807) is 7.11 Å². The Kier molecular flexibility index (Phi) is 5.59. The lowest BCUT2D eigenvalue weighted by Gasteiger charge is -2.22. The van der Waals surface area contributed by atoms with E-state index in [1.165, 1.54) is 24.0 Å². The predicted molar refractivity (Wildman–Crippen MR) is 113 cm³/mol. The van der Waals surface area contributed by atoms with Gasteiger partial charge in [-0.3, -0.25) is 9.47 Å². The fraction of sp³-hybridized carbons (Fsp3) is 0.364. The van der Waals surface area contributed by atoms with Crippen molar-refractivity contribution in [2.75, 3.05) is 7.11 Å². The summed E-state index contributed by atoms with van der Waals surface area (Å²) < 4.78 is 10.1. The van der Waals surface area contributed by atoms with Gasteiger partial charge in [0.15, 0.2) is 4.77 Å². The minimum atomic E-state index is 0.614. The Bertz CT molecular complexity index is 974. The van der Waals surface area contributed by atoms with E-state index in [9.17, 15) is 0 Å². The van der Waals surface area contributed by atoms with E-state index in [4.69, 9.17) is 22.1 Å². The summed E-state index contributed by atoms with van der Waals surface area (Å²) in [7, 11) is 1.70. The summed E-state index contributed by atoms with van der Waals surface area (Å²) in [4.78, 5) is 2.47. The summed E-state index contributed by atoms with van der Waals surface area (Å²) in [5.74, 6) is 1.84. The molecule has 0 bridgehead atoms. The SMILES string of the molecule is COc1ccc(CN(Cn2nc(C)n(Cc3ccccc3)c2=S)C2CC2)cc1. The third kappa shape index (κ3) is 4.34. The molecule has 4 rings (SSSR count). The molecular formula is C22H26N4OS. The minimum Gasteiger partial charge on any atom is -0.497 e. The Morgan fingerprint density at radius 3 is 2.43 bits per heavy atom. The number of methoxy groups -OCH3 is 1. The quantitative estimate of drug-likeness (QED) is 0.531. The van der Waals surface area contributed by atoms with Gasteiger partial charge in [-0.25, -0.2) is 4.68 Å². The lowest BCUT2D eigenvalue weighted by atomic mass is 10.2. The van der Waals surface area contributed by atoms with Gasteiger partial charge >= 0.3 is 0 Å². The molecule has 0 spiro atoms. The maximum atomic E-state index is 5.75. The Hall–Kier alpha value is -2.44. The number of hydrogen-bond acceptors (Lipinski definition) is 4. The first-order chi connectivity index (χ1) is 13.6. The molecule has 28 heavy (non-hydrogen) atoms. The van der Waals surface area contributed by atoms with Gasteiger partial charge in [-0.1, -0.05) is 42.5 Å². The molecule has 5 nitrogen and oxygen atoms in total. The van der Waals surface area contributed by atoms with Gasteiger partial charge in [-0.15, -0.1) is 0 Å². The molecule has 0 radical (unpaired) electrons. The van der Waals surface area contributed by atoms with Gasteiger partial charge in [0, 0.05) is 12.6 Å². The van der Waals surface area contributed by atoms with Crippen molar-refractivity contribution >= 4 is 12.2 Å². The van der Waals surface area contributed by atoms with Gasteiger partial charge in [-0.05, 0) is 55.2 Å². The summed E-state index contributed by atoms with van der Waals surface area (Å²) in [6.45, 7) is 4.40. The zero-order valence-corrected chi connectivity index (χ0v) is 17.2. The molecule has 0 aliphatic heterocycles. The van der Waals surface area contributed by atoms with Crippen molar-refractivity contribution in [2.24, 2.45) is 0 Å². The van der Waals surface area contributed by atoms with Crippen LogP contribution in [0.1, 0.15) is 29.8 Å². The van der Waals surface area contributed by atoms with Crippen molar-refractivity contribution < 1.29 is 4.74 Å². The number of rotatable bonds is 8. The first kappa shape index (κ1) is 18.9. The van der Waals surface area contributed by atoms with Crippen LogP contribution >= 0.6 is 12.2 Å². The third-order valence-electron chi connectivity index (χ3n) is 5.21. The van der Waals surface area contributed by atoms with Crippen molar-refractivity contribution in [1.29, 1.82) is 0 Å². The van der Waals surface area contributed by atoms with Crippen LogP contribution in [-0.2, 0) is 19.8 Å². The molecule has 1 aliphatic carbocycles. The number of hydrogen-bond donors (Lipinski definition) is 0. The monoisotopic (exact) mass is 394 g/mol. The molecule has 1 aromatic heterocycles. The van der Waals surface area contributed by atoms with Crippen LogP contribution in [0.15, 0.2) is 54.6 Å². The average molecular weight is 395 g/mol. The van der Waals surface area contributed by atoms with Crippen LogP contribution in [-0.4, -0.2) is 32.4 Å². The summed E-state index contributed by atoms with van der Waals surface area (Å²) in [5, 5.41) is 4.74. The van der Waals surface area contributed by atoms with Crippen LogP contribution in [0.25, 0.3) is 0 Å². The van der Waals surface area contributed by atoms with Crippen molar-refractivity contribution in [2.45, 2.75) is 45.6 Å². The second-order valence-corrected chi connectivity index (χ2v) is 7.73. The molecule has 0 saturated heterocycles. The fourth-order valence-corrected chi connectivity index (χ4v) is 3.76. The summed E-state index contributed by atoms with van der Waals surface area (Å²) in [6, 6.07) is 19.3. The number of benzene rings is 2. The number of nitrogens with zero attached hydrogens (tertiary/aromatic N) is 4. The van der Waals surface area contributed by atoms with Crippen LogP contribution in [0, 0.1) is 11.7 Å². The molecule has 0 N–H and O–H groups in total. The van der Waals surface area contributed by atoms with Crippen molar-refractivity contribution in [3.05, 3.63) is 76.3 Å². The number of ether oxygens (including phenoxy) is 1. The van der Waals surface area contributed by atoms with Gasteiger partial charge < -0.3 is 4.74 Å². The maximum absolute atomic E-state index is 5.75. The summed E-state index contributed by atoms with van der Waals surface area (Å²) in [6.07, 6.45) is 2.49. The van der Waals surface area contributed by atoms with E-state index < -0.39 is 0 Å². The smallest absolute Gasteiger partial charge is 0.199 e. The topological polar surface area (TPSA) is 35.2 Å². The van der Waals surface area contributed by atoms with Crippen LogP contribution in [0.5, 0.6) is 5.75 Å². The largest absolute Gasteiger partial charge is 0.497 e. The number of aryl methyl sites for hydroxylation is 1. The van der Waals surface area contributed by atoms with Gasteiger partial charge in [-0.2, -0.15) is 5.10 Å². The standard InChI is InChI=1S/C22H26N4OS/c1-17-23-26(22(28)25(17)15-18-6-4-3-5-7-18)16-24(20-10-11-20)14-19-8-12-21(27-2)13-9-19/h3-9,12-13,20H,10-11,14-16H2,1-2H3. The zero-order chi connectivity index (χ0) is 19.5. The van der Waals surface area contributed by atoms with Crippen LogP contribution in [0.3, 0.4) is 0 Å². The fourth-order valence-electron chi connectivity index (χ4n) is 3.46. The van der Waals surface area contributed by atoms with Crippen molar-refractivity contribution in [3.63, 3.8) is 0 Å². The Morgan fingerprint density at radius 2 is 1.79 bits per heavy atom. The Morgan fingerprint density at radius 1 is 1.07 bits per heavy atom. The Labute approximate surface area is 171 Å². The van der Waals surface area contributed by atoms with Crippen molar-refractivity contribution in [1.82, 2.24) is 19.2 Å². The molecule has 1 fully saturated rings. The van der Waals surface area contributed by atoms with Gasteiger partial charge in [0.05, 0.1) is 20.3 Å². The second kappa shape index (κ2) is 8.29. The van der Waals surface area contributed by atoms with E-state index >= 15 is 0 Å². The zero-order valence-electron chi connectivity index (χ0n) is 16.4. The van der Waals surface area contributed by atoms with E-state index in [0.29, 0.717) is 6.04 Å². The minimum absolute atomic E-state index is 0.614. The highest BCUT2D eigenvalue weighted by molar-refractivity contribution is 7.71. The van der Waals surface area contributed by atoms with Gasteiger partial charge in [0.1, 0.15) is 11.6 Å². The first-order valence-electron chi connectivity index (χ1n) is 9.69. The molecule has 146 valence electrons. The lowest BCUT2D eigenvalue weighted by molar-refractivity contribution is 0.186. The molecule has 1 saturated carbocycles. The highest BCUT2D eigenvalue weighted by atomic mass is 32.1. The maximum Gasteiger partial charge on any atom is 0.199 e. The molecule has 0 amide bonds. The molecule has 1 heterocycles. The molecule has 1 aliphatic rings. The van der Waals surface area contributed by atoms with E-state index in [2.05, 4.69) is 45.9 Å². The van der Waals surface area contributed by atoms with E-state index in [0.717, 1.165) is 36.1 Å². The summed E-state index contributed by atoms with van der Waals surface area (Å²) in [5.41, 5.74) is 2.51. The highest BCUT2D eigenvalue weighted by Crippen LogP contribution is 2.29. The van der Waals surface area contributed by atoms with Crippen molar-refractivity contribution in [3.8, 4) is 5.75 Å². The third-order valence-corrected chi connectivity index (χ3v) is 5.65. The van der Waals surface area contributed by atoms with Gasteiger partial charge in [0.25, 0.3) is 0 Å². The van der Waals surface area contributed by atoms with Crippen LogP contribution in [0.2, 0.25) is 0 Å². The Balaban J connectivity index is 1.51. The van der Waals surface area contributed by atoms with E-state index in [1.807, 2.05) is 29.8 Å². The average Bonchev–Trinajstić information content (AvgIpc) is 3.53. The molecule has 6 heteroatoms. The predicted octanol–water partition coefficient (Wildman–Crippen LogP) is 4.40. The lowest BCUT2D eigenvalue weighted by Crippen LogP contribution is -2.29. The van der Waals surface area contributed by atoms with Crippen LogP contribution < -0.4 is 4.74 Å². The molecule has 3 aromatic rings.